The molecule has 34 heavy (non-hydrogen) atoms. The first-order valence-corrected chi connectivity index (χ1v) is 11.8. The van der Waals surface area contributed by atoms with Gasteiger partial charge >= 0.3 is 0 Å². The minimum Gasteiger partial charge on any atom is -0.461 e. The predicted octanol–water partition coefficient (Wildman–Crippen LogP) is 3.95. The van der Waals surface area contributed by atoms with E-state index in [-0.39, 0.29) is 29.4 Å². The van der Waals surface area contributed by atoms with Gasteiger partial charge in [0, 0.05) is 17.3 Å². The summed E-state index contributed by atoms with van der Waals surface area (Å²) in [5, 5.41) is 6.39. The van der Waals surface area contributed by atoms with Gasteiger partial charge in [0.15, 0.2) is 5.76 Å². The van der Waals surface area contributed by atoms with Gasteiger partial charge in [-0.05, 0) is 49.2 Å². The van der Waals surface area contributed by atoms with E-state index in [2.05, 4.69) is 15.5 Å². The standard InChI is InChI=1S/C26H20ClN3O4/c27-16-8-3-7-15-21(16)29-24(33)26(15)25(14-6-1-2-9-17(14)28-23(25)32)20(18-10-4-12-30(18)26)22(31)19-11-5-13-34-19/h1-3,5-9,11,13,18,20H,4,10,12H2,(H,28,32)(H,29,33)/t18-,20+,25+,26+/m1/s1. The van der Waals surface area contributed by atoms with Crippen LogP contribution in [-0.2, 0) is 20.5 Å². The molecule has 4 aliphatic heterocycles. The molecule has 3 aromatic rings. The van der Waals surface area contributed by atoms with Crippen molar-refractivity contribution in [2.45, 2.75) is 29.8 Å². The number of nitrogens with zero attached hydrogens (tertiary/aromatic N) is 1. The Morgan fingerprint density at radius 3 is 2.65 bits per heavy atom. The molecule has 2 N–H and O–H groups in total. The molecule has 5 heterocycles. The monoisotopic (exact) mass is 473 g/mol. The van der Waals surface area contributed by atoms with Gasteiger partial charge in [-0.25, -0.2) is 0 Å². The second-order valence-electron chi connectivity index (χ2n) is 9.36. The lowest BCUT2D eigenvalue weighted by Crippen LogP contribution is -2.62. The number of ketones is 1. The third-order valence-corrected chi connectivity index (χ3v) is 8.44. The van der Waals surface area contributed by atoms with Gasteiger partial charge in [0.2, 0.25) is 11.7 Å². The van der Waals surface area contributed by atoms with Crippen LogP contribution < -0.4 is 10.6 Å². The van der Waals surface area contributed by atoms with Gasteiger partial charge in [0.05, 0.1) is 22.9 Å². The molecule has 0 unspecified atom stereocenters. The number of para-hydroxylation sites is 2. The van der Waals surface area contributed by atoms with E-state index in [9.17, 15) is 14.4 Å². The van der Waals surface area contributed by atoms with Crippen molar-refractivity contribution in [3.8, 4) is 0 Å². The fourth-order valence-electron chi connectivity index (χ4n) is 7.14. The highest BCUT2D eigenvalue weighted by molar-refractivity contribution is 6.35. The number of Topliss-reactive ketones (excluding diaryl/α,β-unsaturated/α-hetero) is 1. The zero-order chi connectivity index (χ0) is 23.2. The molecule has 4 atom stereocenters. The zero-order valence-electron chi connectivity index (χ0n) is 18.0. The van der Waals surface area contributed by atoms with E-state index in [4.69, 9.17) is 16.0 Å². The maximum atomic E-state index is 14.2. The van der Waals surface area contributed by atoms with Crippen molar-refractivity contribution in [1.29, 1.82) is 0 Å². The molecule has 7 nitrogen and oxygen atoms in total. The molecule has 0 saturated carbocycles. The molecule has 2 aromatic carbocycles. The number of furan rings is 1. The third-order valence-electron chi connectivity index (χ3n) is 8.13. The Labute approximate surface area is 200 Å². The summed E-state index contributed by atoms with van der Waals surface area (Å²) >= 11 is 6.54. The van der Waals surface area contributed by atoms with E-state index < -0.39 is 16.9 Å². The molecule has 0 aliphatic carbocycles. The van der Waals surface area contributed by atoms with Crippen LogP contribution in [0.1, 0.15) is 34.5 Å². The molecule has 2 amide bonds. The number of fused-ring (bicyclic) bond motifs is 7. The highest BCUT2D eigenvalue weighted by Crippen LogP contribution is 2.68. The van der Waals surface area contributed by atoms with Crippen LogP contribution in [0.2, 0.25) is 5.02 Å². The largest absolute Gasteiger partial charge is 0.461 e. The molecule has 2 saturated heterocycles. The highest BCUT2D eigenvalue weighted by atomic mass is 35.5. The number of carbonyl (C=O) groups is 3. The highest BCUT2D eigenvalue weighted by Gasteiger charge is 2.81. The van der Waals surface area contributed by atoms with Crippen LogP contribution in [0.5, 0.6) is 0 Å². The molecular formula is C26H20ClN3O4. The van der Waals surface area contributed by atoms with Crippen molar-refractivity contribution in [3.05, 3.63) is 82.8 Å². The number of amides is 2. The molecule has 1 aromatic heterocycles. The van der Waals surface area contributed by atoms with E-state index in [1.165, 1.54) is 6.26 Å². The topological polar surface area (TPSA) is 91.7 Å². The second-order valence-corrected chi connectivity index (χ2v) is 9.76. The number of anilines is 2. The quantitative estimate of drug-likeness (QED) is 0.550. The van der Waals surface area contributed by atoms with Crippen LogP contribution in [0.3, 0.4) is 0 Å². The number of rotatable bonds is 2. The normalized spacial score (nSPS) is 31.0. The molecular weight excluding hydrogens is 454 g/mol. The Bertz CT molecular complexity index is 1400. The van der Waals surface area contributed by atoms with Gasteiger partial charge in [-0.3, -0.25) is 19.3 Å². The summed E-state index contributed by atoms with van der Waals surface area (Å²) in [5.74, 6) is -1.58. The van der Waals surface area contributed by atoms with Crippen LogP contribution in [0, 0.1) is 5.92 Å². The number of benzene rings is 2. The molecule has 0 radical (unpaired) electrons. The van der Waals surface area contributed by atoms with Crippen LogP contribution >= 0.6 is 11.6 Å². The van der Waals surface area contributed by atoms with Crippen molar-refractivity contribution in [1.82, 2.24) is 4.90 Å². The van der Waals surface area contributed by atoms with Crippen molar-refractivity contribution in [2.24, 2.45) is 5.92 Å². The molecule has 170 valence electrons. The summed E-state index contributed by atoms with van der Waals surface area (Å²) in [7, 11) is 0. The van der Waals surface area contributed by atoms with Crippen molar-refractivity contribution >= 4 is 40.6 Å². The van der Waals surface area contributed by atoms with Crippen molar-refractivity contribution in [3.63, 3.8) is 0 Å². The minimum absolute atomic E-state index is 0.190. The number of hydrogen-bond acceptors (Lipinski definition) is 5. The summed E-state index contributed by atoms with van der Waals surface area (Å²) in [6, 6.07) is 15.7. The van der Waals surface area contributed by atoms with Crippen LogP contribution in [-0.4, -0.2) is 35.1 Å². The van der Waals surface area contributed by atoms with Crippen LogP contribution in [0.4, 0.5) is 11.4 Å². The fraction of sp³-hybridized carbons (Fsp3) is 0.269. The summed E-state index contributed by atoms with van der Waals surface area (Å²) in [6.45, 7) is 0.586. The Balaban J connectivity index is 1.62. The Kier molecular flexibility index (Phi) is 3.87. The van der Waals surface area contributed by atoms with Gasteiger partial charge in [-0.15, -0.1) is 0 Å². The van der Waals surface area contributed by atoms with E-state index >= 15 is 0 Å². The van der Waals surface area contributed by atoms with Gasteiger partial charge in [0.1, 0.15) is 11.0 Å². The molecule has 2 fully saturated rings. The van der Waals surface area contributed by atoms with Crippen molar-refractivity contribution in [2.75, 3.05) is 17.2 Å². The van der Waals surface area contributed by atoms with E-state index in [1.54, 1.807) is 24.3 Å². The van der Waals surface area contributed by atoms with Gasteiger partial charge < -0.3 is 15.1 Å². The third kappa shape index (κ3) is 2.03. The van der Waals surface area contributed by atoms with E-state index in [1.807, 2.05) is 30.3 Å². The van der Waals surface area contributed by atoms with Gasteiger partial charge in [-0.2, -0.15) is 0 Å². The second kappa shape index (κ2) is 6.58. The van der Waals surface area contributed by atoms with Crippen LogP contribution in [0.15, 0.2) is 65.3 Å². The minimum atomic E-state index is -1.49. The lowest BCUT2D eigenvalue weighted by molar-refractivity contribution is -0.137. The first-order chi connectivity index (χ1) is 16.5. The molecule has 0 bridgehead atoms. The smallest absolute Gasteiger partial charge is 0.251 e. The number of halogens is 1. The molecule has 7 rings (SSSR count). The number of hydrogen-bond donors (Lipinski definition) is 2. The first kappa shape index (κ1) is 20.0. The summed E-state index contributed by atoms with van der Waals surface area (Å²) in [6.07, 6.45) is 2.97. The summed E-state index contributed by atoms with van der Waals surface area (Å²) in [4.78, 5) is 44.6. The van der Waals surface area contributed by atoms with Gasteiger partial charge in [-0.1, -0.05) is 41.9 Å². The number of nitrogens with one attached hydrogen (secondary N) is 2. The Morgan fingerprint density at radius 2 is 1.82 bits per heavy atom. The lowest BCUT2D eigenvalue weighted by Gasteiger charge is -2.43. The van der Waals surface area contributed by atoms with Gasteiger partial charge in [0.25, 0.3) is 5.91 Å². The van der Waals surface area contributed by atoms with E-state index in [0.29, 0.717) is 40.5 Å². The lowest BCUT2D eigenvalue weighted by atomic mass is 9.57. The molecule has 4 aliphatic rings. The maximum absolute atomic E-state index is 14.2. The maximum Gasteiger partial charge on any atom is 0.251 e. The zero-order valence-corrected chi connectivity index (χ0v) is 18.8. The average Bonchev–Trinajstić information content (AvgIpc) is 3.62. The average molecular weight is 474 g/mol. The van der Waals surface area contributed by atoms with Crippen LogP contribution in [0.25, 0.3) is 0 Å². The first-order valence-electron chi connectivity index (χ1n) is 11.4. The Hall–Kier alpha value is -3.42. The SMILES string of the molecule is O=C(c1ccco1)[C@@H]1[C@H]2CCCN2[C@@]2(C(=O)Nc3c(Cl)cccc32)[C@]12C(=O)Nc1ccccc12. The Morgan fingerprint density at radius 1 is 1.00 bits per heavy atom. The van der Waals surface area contributed by atoms with E-state index in [0.717, 1.165) is 6.42 Å². The molecule has 2 spiro atoms. The predicted molar refractivity (Wildman–Crippen MR) is 125 cm³/mol. The van der Waals surface area contributed by atoms with Crippen molar-refractivity contribution < 1.29 is 18.8 Å². The summed E-state index contributed by atoms with van der Waals surface area (Å²) in [5.41, 5.74) is -0.492. The summed E-state index contributed by atoms with van der Waals surface area (Å²) < 4.78 is 5.53. The molecule has 8 heteroatoms. The fourth-order valence-corrected chi connectivity index (χ4v) is 7.36. The number of carbonyl (C=O) groups excluding carboxylic acids is 3.